The molecule has 2 bridgehead atoms. The van der Waals surface area contributed by atoms with Gasteiger partial charge in [0, 0.05) is 49.2 Å². The monoisotopic (exact) mass is 637 g/mol. The molecule has 1 N–H and O–H groups in total. The molecule has 2 aliphatic carbocycles. The van der Waals surface area contributed by atoms with Gasteiger partial charge in [-0.25, -0.2) is 18.1 Å². The van der Waals surface area contributed by atoms with Crippen LogP contribution < -0.4 is 9.46 Å². The quantitative estimate of drug-likeness (QED) is 0.215. The zero-order valence-electron chi connectivity index (χ0n) is 26.5. The summed E-state index contributed by atoms with van der Waals surface area (Å²) < 4.78 is 36.3. The van der Waals surface area contributed by atoms with Crippen molar-refractivity contribution < 1.29 is 17.9 Å². The lowest BCUT2D eigenvalue weighted by Crippen LogP contribution is -2.37. The van der Waals surface area contributed by atoms with Crippen LogP contribution in [0.5, 0.6) is 5.75 Å². The number of aryl methyl sites for hydroxylation is 1. The van der Waals surface area contributed by atoms with Crippen molar-refractivity contribution in [2.75, 3.05) is 19.9 Å². The predicted molar refractivity (Wildman–Crippen MR) is 180 cm³/mol. The summed E-state index contributed by atoms with van der Waals surface area (Å²) in [5.41, 5.74) is 7.45. The van der Waals surface area contributed by atoms with E-state index in [9.17, 15) is 13.2 Å². The number of aromatic nitrogens is 3. The minimum absolute atomic E-state index is 0.0751. The molecule has 238 valence electrons. The molecule has 1 saturated heterocycles. The minimum Gasteiger partial charge on any atom is -0.494 e. The highest BCUT2D eigenvalue weighted by atomic mass is 32.2. The van der Waals surface area contributed by atoms with Gasteiger partial charge in [-0.3, -0.25) is 4.79 Å². The molecule has 3 aromatic carbocycles. The number of hydrogen-bond donors (Lipinski definition) is 1. The molecular weight excluding hydrogens is 598 g/mol. The summed E-state index contributed by atoms with van der Waals surface area (Å²) in [4.78, 5) is 20.9. The molecule has 46 heavy (non-hydrogen) atoms. The summed E-state index contributed by atoms with van der Waals surface area (Å²) in [7, 11) is 0.399. The summed E-state index contributed by atoms with van der Waals surface area (Å²) >= 11 is 0. The Bertz CT molecular complexity index is 2130. The van der Waals surface area contributed by atoms with Crippen LogP contribution in [0.25, 0.3) is 44.6 Å². The molecule has 1 amide bonds. The summed E-state index contributed by atoms with van der Waals surface area (Å²) in [6.07, 6.45) is 7.06. The van der Waals surface area contributed by atoms with E-state index in [1.807, 2.05) is 37.4 Å². The molecule has 3 aliphatic rings. The third-order valence-corrected chi connectivity index (χ3v) is 10.8. The van der Waals surface area contributed by atoms with E-state index in [-0.39, 0.29) is 12.5 Å². The summed E-state index contributed by atoms with van der Waals surface area (Å²) in [5.74, 6) is 2.84. The number of benzene rings is 3. The topological polar surface area (TPSA) is 98.5 Å². The van der Waals surface area contributed by atoms with Gasteiger partial charge in [0.25, 0.3) is 5.91 Å². The van der Waals surface area contributed by atoms with Gasteiger partial charge < -0.3 is 18.8 Å². The van der Waals surface area contributed by atoms with Crippen molar-refractivity contribution in [3.05, 3.63) is 71.8 Å². The second kappa shape index (κ2) is 11.0. The number of amides is 1. The summed E-state index contributed by atoms with van der Waals surface area (Å²) in [6, 6.07) is 20.9. The maximum absolute atomic E-state index is 13.7. The molecule has 1 aliphatic heterocycles. The van der Waals surface area contributed by atoms with Gasteiger partial charge in [0.05, 0.1) is 24.6 Å². The number of carbonyl (C=O) groups is 1. The zero-order chi connectivity index (χ0) is 31.7. The second-order valence-corrected chi connectivity index (χ2v) is 15.3. The normalized spacial score (nSPS) is 19.5. The predicted octanol–water partition coefficient (Wildman–Crippen LogP) is 5.95. The van der Waals surface area contributed by atoms with Crippen LogP contribution in [0.3, 0.4) is 0 Å². The molecule has 5 aromatic rings. The Morgan fingerprint density at radius 2 is 1.85 bits per heavy atom. The van der Waals surface area contributed by atoms with E-state index in [2.05, 4.69) is 49.1 Å². The van der Waals surface area contributed by atoms with Crippen molar-refractivity contribution in [1.82, 2.24) is 23.7 Å². The minimum atomic E-state index is -3.28. The standard InChI is InChI=1S/C36H39N5O4S/c1-39-34-30(15-28(18-33(34)45-2)36(42)40-21-24-9-12-29(40)14-24)38-35(39)32-17-27-11-10-26(16-31(27)41(32)20-22-7-8-22)25-6-4-5-23(13-25)19-37-46(3,43)44/h4-6,10-11,13,15-18,22,24,29,37H,7-9,12,14,19-21H2,1-3H3. The van der Waals surface area contributed by atoms with E-state index < -0.39 is 10.0 Å². The smallest absolute Gasteiger partial charge is 0.254 e. The third kappa shape index (κ3) is 5.27. The SMILES string of the molecule is COc1cc(C(=O)N2CC3CCC2C3)cc2nc(-c3cc4ccc(-c5cccc(CNS(C)(=O)=O)c5)cc4n3CC3CC3)n(C)c12. The average Bonchev–Trinajstić information content (AvgIpc) is 3.33. The number of piperidine rings is 1. The molecule has 0 spiro atoms. The molecule has 2 saturated carbocycles. The molecule has 2 aromatic heterocycles. The Kier molecular flexibility index (Phi) is 6.99. The van der Waals surface area contributed by atoms with Crippen molar-refractivity contribution in [2.45, 2.75) is 51.2 Å². The Morgan fingerprint density at radius 3 is 2.57 bits per heavy atom. The number of ether oxygens (including phenoxy) is 1. The first-order chi connectivity index (χ1) is 22.1. The first-order valence-electron chi connectivity index (χ1n) is 16.2. The van der Waals surface area contributed by atoms with Crippen molar-refractivity contribution in [2.24, 2.45) is 18.9 Å². The van der Waals surface area contributed by atoms with E-state index in [0.717, 1.165) is 76.1 Å². The maximum Gasteiger partial charge on any atom is 0.254 e. The lowest BCUT2D eigenvalue weighted by atomic mass is 10.0. The van der Waals surface area contributed by atoms with Crippen molar-refractivity contribution >= 4 is 37.9 Å². The van der Waals surface area contributed by atoms with Crippen molar-refractivity contribution in [3.63, 3.8) is 0 Å². The van der Waals surface area contributed by atoms with E-state index in [4.69, 9.17) is 9.72 Å². The summed E-state index contributed by atoms with van der Waals surface area (Å²) in [6.45, 7) is 2.00. The van der Waals surface area contributed by atoms with Gasteiger partial charge in [-0.15, -0.1) is 0 Å². The fraction of sp³-hybridized carbons (Fsp3) is 0.389. The molecule has 2 atom stereocenters. The molecule has 3 heterocycles. The van der Waals surface area contributed by atoms with Crippen molar-refractivity contribution in [1.29, 1.82) is 0 Å². The molecule has 2 unspecified atom stereocenters. The van der Waals surface area contributed by atoms with Gasteiger partial charge in [0.15, 0.2) is 5.82 Å². The Morgan fingerprint density at radius 1 is 1.02 bits per heavy atom. The number of sulfonamides is 1. The number of nitrogens with one attached hydrogen (secondary N) is 1. The molecule has 8 rings (SSSR count). The Balaban J connectivity index is 1.20. The van der Waals surface area contributed by atoms with Gasteiger partial charge in [0.2, 0.25) is 10.0 Å². The fourth-order valence-electron chi connectivity index (χ4n) is 7.61. The highest BCUT2D eigenvalue weighted by Crippen LogP contribution is 2.41. The number of hydrogen-bond acceptors (Lipinski definition) is 5. The fourth-order valence-corrected chi connectivity index (χ4v) is 8.04. The van der Waals surface area contributed by atoms with Crippen LogP contribution >= 0.6 is 0 Å². The second-order valence-electron chi connectivity index (χ2n) is 13.5. The van der Waals surface area contributed by atoms with E-state index in [1.165, 1.54) is 25.5 Å². The number of rotatable bonds is 9. The number of likely N-dealkylation sites (tertiary alicyclic amines) is 1. The molecule has 9 nitrogen and oxygen atoms in total. The lowest BCUT2D eigenvalue weighted by Gasteiger charge is -2.27. The van der Waals surface area contributed by atoms with Crippen LogP contribution in [0, 0.1) is 11.8 Å². The number of carbonyl (C=O) groups excluding carboxylic acids is 1. The van der Waals surface area contributed by atoms with E-state index in [1.54, 1.807) is 7.11 Å². The van der Waals surface area contributed by atoms with Crippen LogP contribution in [0.2, 0.25) is 0 Å². The first kappa shape index (κ1) is 29.3. The number of fused-ring (bicyclic) bond motifs is 4. The van der Waals surface area contributed by atoms with Crippen LogP contribution in [0.4, 0.5) is 0 Å². The highest BCUT2D eigenvalue weighted by Gasteiger charge is 2.40. The molecule has 0 radical (unpaired) electrons. The number of nitrogens with zero attached hydrogens (tertiary/aromatic N) is 4. The Labute approximate surface area is 269 Å². The van der Waals surface area contributed by atoms with Crippen LogP contribution in [-0.2, 0) is 30.2 Å². The highest BCUT2D eigenvalue weighted by molar-refractivity contribution is 7.88. The Hall–Kier alpha value is -4.15. The maximum atomic E-state index is 13.7. The van der Waals surface area contributed by atoms with Gasteiger partial charge in [-0.2, -0.15) is 0 Å². The van der Waals surface area contributed by atoms with Crippen LogP contribution in [-0.4, -0.2) is 59.3 Å². The van der Waals surface area contributed by atoms with Gasteiger partial charge >= 0.3 is 0 Å². The average molecular weight is 638 g/mol. The first-order valence-corrected chi connectivity index (χ1v) is 18.1. The number of imidazole rings is 1. The number of methoxy groups -OCH3 is 1. The van der Waals surface area contributed by atoms with Crippen LogP contribution in [0.1, 0.15) is 48.0 Å². The molecular formula is C36H39N5O4S. The molecule has 10 heteroatoms. The summed E-state index contributed by atoms with van der Waals surface area (Å²) in [5, 5.41) is 1.13. The van der Waals surface area contributed by atoms with Crippen LogP contribution in [0.15, 0.2) is 60.7 Å². The van der Waals surface area contributed by atoms with Gasteiger partial charge in [-0.05, 0) is 91.0 Å². The zero-order valence-corrected chi connectivity index (χ0v) is 27.3. The van der Waals surface area contributed by atoms with E-state index in [0.29, 0.717) is 29.2 Å². The van der Waals surface area contributed by atoms with Gasteiger partial charge in [-0.1, -0.05) is 30.3 Å². The van der Waals surface area contributed by atoms with E-state index >= 15 is 0 Å². The lowest BCUT2D eigenvalue weighted by molar-refractivity contribution is 0.0703. The largest absolute Gasteiger partial charge is 0.494 e. The molecule has 3 fully saturated rings. The van der Waals surface area contributed by atoms with Crippen molar-refractivity contribution in [3.8, 4) is 28.4 Å². The third-order valence-electron chi connectivity index (χ3n) is 10.1. The van der Waals surface area contributed by atoms with Gasteiger partial charge in [0.1, 0.15) is 11.3 Å².